The quantitative estimate of drug-likeness (QED) is 0.791. The van der Waals surface area contributed by atoms with Crippen LogP contribution < -0.4 is 9.47 Å². The highest BCUT2D eigenvalue weighted by Gasteiger charge is 2.20. The molecule has 1 heterocycles. The van der Waals surface area contributed by atoms with Gasteiger partial charge in [0.2, 0.25) is 0 Å². The summed E-state index contributed by atoms with van der Waals surface area (Å²) in [5.41, 5.74) is 0. The van der Waals surface area contributed by atoms with E-state index in [1.807, 2.05) is 31.2 Å². The third kappa shape index (κ3) is 6.01. The van der Waals surface area contributed by atoms with Crippen LogP contribution in [0.1, 0.15) is 20.8 Å². The Balaban J connectivity index is 1.68. The third-order valence-electron chi connectivity index (χ3n) is 4.18. The Labute approximate surface area is 139 Å². The lowest BCUT2D eigenvalue weighted by Crippen LogP contribution is -2.51. The largest absolute Gasteiger partial charge is 0.494 e. The molecule has 5 nitrogen and oxygen atoms in total. The van der Waals surface area contributed by atoms with Gasteiger partial charge in [0, 0.05) is 38.8 Å². The second-order valence-corrected chi connectivity index (χ2v) is 6.30. The molecule has 0 aromatic heterocycles. The molecule has 1 atom stereocenters. The maximum Gasteiger partial charge on any atom is 0.119 e. The Bertz CT molecular complexity index is 442. The molecule has 2 rings (SSSR count). The van der Waals surface area contributed by atoms with Gasteiger partial charge in [-0.1, -0.05) is 0 Å². The van der Waals surface area contributed by atoms with E-state index in [1.165, 1.54) is 0 Å². The zero-order chi connectivity index (χ0) is 16.7. The van der Waals surface area contributed by atoms with Crippen molar-refractivity contribution < 1.29 is 14.6 Å². The molecule has 0 saturated carbocycles. The van der Waals surface area contributed by atoms with Crippen molar-refractivity contribution >= 4 is 0 Å². The van der Waals surface area contributed by atoms with Gasteiger partial charge in [-0.25, -0.2) is 0 Å². The summed E-state index contributed by atoms with van der Waals surface area (Å²) >= 11 is 0. The second kappa shape index (κ2) is 9.11. The molecule has 1 N–H and O–H groups in total. The normalized spacial score (nSPS) is 18.1. The standard InChI is InChI=1S/C18H30N2O3/c1-4-22-17-5-7-18(8-6-17)23-14-16(21)13-19-9-11-20(12-10-19)15(2)3/h5-8,15-16,21H,4,9-14H2,1-3H3. The number of aliphatic hydroxyl groups excluding tert-OH is 1. The van der Waals surface area contributed by atoms with Gasteiger partial charge in [0.15, 0.2) is 0 Å². The lowest BCUT2D eigenvalue weighted by molar-refractivity contribution is 0.0400. The van der Waals surface area contributed by atoms with Crippen molar-refractivity contribution in [3.05, 3.63) is 24.3 Å². The Hall–Kier alpha value is -1.30. The number of ether oxygens (including phenoxy) is 2. The van der Waals surface area contributed by atoms with Crippen LogP contribution >= 0.6 is 0 Å². The highest BCUT2D eigenvalue weighted by Crippen LogP contribution is 2.17. The number of aliphatic hydroxyl groups is 1. The highest BCUT2D eigenvalue weighted by atomic mass is 16.5. The predicted octanol–water partition coefficient (Wildman–Crippen LogP) is 1.85. The van der Waals surface area contributed by atoms with Gasteiger partial charge in [-0.3, -0.25) is 9.80 Å². The molecule has 1 aromatic carbocycles. The van der Waals surface area contributed by atoms with E-state index in [2.05, 4.69) is 23.6 Å². The van der Waals surface area contributed by atoms with Crippen LogP contribution in [-0.4, -0.2) is 73.0 Å². The molecular formula is C18H30N2O3. The molecule has 1 aliphatic heterocycles. The van der Waals surface area contributed by atoms with E-state index >= 15 is 0 Å². The SMILES string of the molecule is CCOc1ccc(OCC(O)CN2CCN(C(C)C)CC2)cc1. The summed E-state index contributed by atoms with van der Waals surface area (Å²) in [5, 5.41) is 10.2. The van der Waals surface area contributed by atoms with Crippen LogP contribution in [0.25, 0.3) is 0 Å². The molecule has 0 spiro atoms. The van der Waals surface area contributed by atoms with Crippen LogP contribution in [0.5, 0.6) is 11.5 Å². The molecule has 1 unspecified atom stereocenters. The van der Waals surface area contributed by atoms with E-state index in [4.69, 9.17) is 9.47 Å². The first-order valence-electron chi connectivity index (χ1n) is 8.58. The first-order chi connectivity index (χ1) is 11.1. The minimum atomic E-state index is -0.466. The first-order valence-corrected chi connectivity index (χ1v) is 8.58. The van der Waals surface area contributed by atoms with Gasteiger partial charge in [-0.2, -0.15) is 0 Å². The first kappa shape index (κ1) is 18.0. The van der Waals surface area contributed by atoms with Crippen molar-refractivity contribution in [3.8, 4) is 11.5 Å². The van der Waals surface area contributed by atoms with E-state index in [0.717, 1.165) is 37.7 Å². The topological polar surface area (TPSA) is 45.2 Å². The van der Waals surface area contributed by atoms with Gasteiger partial charge < -0.3 is 14.6 Å². The van der Waals surface area contributed by atoms with E-state index in [-0.39, 0.29) is 0 Å². The fraction of sp³-hybridized carbons (Fsp3) is 0.667. The number of piperazine rings is 1. The molecule has 1 aromatic rings. The Morgan fingerprint density at radius 1 is 1.00 bits per heavy atom. The van der Waals surface area contributed by atoms with Gasteiger partial charge in [0.1, 0.15) is 24.2 Å². The van der Waals surface area contributed by atoms with Crippen LogP contribution in [0.3, 0.4) is 0 Å². The van der Waals surface area contributed by atoms with Gasteiger partial charge in [0.25, 0.3) is 0 Å². The number of benzene rings is 1. The van der Waals surface area contributed by atoms with Gasteiger partial charge in [-0.15, -0.1) is 0 Å². The number of rotatable bonds is 8. The summed E-state index contributed by atoms with van der Waals surface area (Å²) in [4.78, 5) is 4.78. The highest BCUT2D eigenvalue weighted by molar-refractivity contribution is 5.31. The van der Waals surface area contributed by atoms with E-state index < -0.39 is 6.10 Å². The average Bonchev–Trinajstić information content (AvgIpc) is 2.55. The third-order valence-corrected chi connectivity index (χ3v) is 4.18. The van der Waals surface area contributed by atoms with Gasteiger partial charge in [-0.05, 0) is 45.0 Å². The van der Waals surface area contributed by atoms with Crippen molar-refractivity contribution in [2.24, 2.45) is 0 Å². The Morgan fingerprint density at radius 2 is 1.57 bits per heavy atom. The Kier molecular flexibility index (Phi) is 7.15. The van der Waals surface area contributed by atoms with E-state index in [0.29, 0.717) is 25.8 Å². The molecule has 0 bridgehead atoms. The van der Waals surface area contributed by atoms with Crippen molar-refractivity contribution in [2.45, 2.75) is 32.9 Å². The van der Waals surface area contributed by atoms with Crippen LogP contribution in [-0.2, 0) is 0 Å². The van der Waals surface area contributed by atoms with Gasteiger partial charge >= 0.3 is 0 Å². The summed E-state index contributed by atoms with van der Waals surface area (Å²) < 4.78 is 11.1. The van der Waals surface area contributed by atoms with Crippen molar-refractivity contribution in [1.29, 1.82) is 0 Å². The van der Waals surface area contributed by atoms with E-state index in [1.54, 1.807) is 0 Å². The summed E-state index contributed by atoms with van der Waals surface area (Å²) in [7, 11) is 0. The van der Waals surface area contributed by atoms with Gasteiger partial charge in [0.05, 0.1) is 6.61 Å². The monoisotopic (exact) mass is 322 g/mol. The lowest BCUT2D eigenvalue weighted by Gasteiger charge is -2.37. The molecular weight excluding hydrogens is 292 g/mol. The number of β-amino-alcohol motifs (C(OH)–C–C–N with tert-alkyl or cyclic N) is 1. The molecule has 0 aliphatic carbocycles. The summed E-state index contributed by atoms with van der Waals surface area (Å²) in [6.07, 6.45) is -0.466. The Morgan fingerprint density at radius 3 is 2.09 bits per heavy atom. The fourth-order valence-electron chi connectivity index (χ4n) is 2.80. The zero-order valence-electron chi connectivity index (χ0n) is 14.6. The molecule has 23 heavy (non-hydrogen) atoms. The second-order valence-electron chi connectivity index (χ2n) is 6.30. The summed E-state index contributed by atoms with van der Waals surface area (Å²) in [5.74, 6) is 1.60. The minimum absolute atomic E-state index is 0.318. The predicted molar refractivity (Wildman–Crippen MR) is 92.3 cm³/mol. The molecule has 1 fully saturated rings. The molecule has 1 aliphatic rings. The lowest BCUT2D eigenvalue weighted by atomic mass is 10.2. The van der Waals surface area contributed by atoms with Crippen LogP contribution in [0, 0.1) is 0 Å². The molecule has 5 heteroatoms. The molecule has 130 valence electrons. The van der Waals surface area contributed by atoms with Crippen molar-refractivity contribution in [2.75, 3.05) is 45.9 Å². The number of hydrogen-bond acceptors (Lipinski definition) is 5. The smallest absolute Gasteiger partial charge is 0.119 e. The number of hydrogen-bond donors (Lipinski definition) is 1. The zero-order valence-corrected chi connectivity index (χ0v) is 14.6. The maximum atomic E-state index is 10.2. The molecule has 0 radical (unpaired) electrons. The van der Waals surface area contributed by atoms with Crippen LogP contribution in [0.4, 0.5) is 0 Å². The minimum Gasteiger partial charge on any atom is -0.494 e. The van der Waals surface area contributed by atoms with E-state index in [9.17, 15) is 5.11 Å². The average molecular weight is 322 g/mol. The van der Waals surface area contributed by atoms with Crippen molar-refractivity contribution in [3.63, 3.8) is 0 Å². The van der Waals surface area contributed by atoms with Crippen LogP contribution in [0.2, 0.25) is 0 Å². The molecule has 0 amide bonds. The summed E-state index contributed by atoms with van der Waals surface area (Å²) in [6.45, 7) is 12.2. The van der Waals surface area contributed by atoms with Crippen LogP contribution in [0.15, 0.2) is 24.3 Å². The summed E-state index contributed by atoms with van der Waals surface area (Å²) in [6, 6.07) is 8.12. The fourth-order valence-corrected chi connectivity index (χ4v) is 2.80. The molecule has 1 saturated heterocycles. The number of nitrogens with zero attached hydrogens (tertiary/aromatic N) is 2. The van der Waals surface area contributed by atoms with Crippen molar-refractivity contribution in [1.82, 2.24) is 9.80 Å². The maximum absolute atomic E-state index is 10.2.